The molecule has 0 aliphatic rings. The predicted octanol–water partition coefficient (Wildman–Crippen LogP) is 6.86. The van der Waals surface area contributed by atoms with Gasteiger partial charge in [-0.15, -0.1) is 0 Å². The van der Waals surface area contributed by atoms with Crippen LogP contribution in [-0.4, -0.2) is 39.7 Å². The Labute approximate surface area is 212 Å². The third-order valence-electron chi connectivity index (χ3n) is 6.57. The van der Waals surface area contributed by atoms with E-state index in [4.69, 9.17) is 18.6 Å². The van der Waals surface area contributed by atoms with Gasteiger partial charge in [0.15, 0.2) is 20.5 Å². The molecule has 0 bridgehead atoms. The number of rotatable bonds is 12. The fourth-order valence-electron chi connectivity index (χ4n) is 3.44. The first-order valence-electron chi connectivity index (χ1n) is 12.2. The number of ether oxygens (including phenoxy) is 3. The number of benzene rings is 2. The molecule has 0 aliphatic carbocycles. The van der Waals surface area contributed by atoms with Gasteiger partial charge in [0.05, 0.1) is 12.7 Å². The number of hydrogen-bond acceptors (Lipinski definition) is 5. The van der Waals surface area contributed by atoms with E-state index in [1.165, 1.54) is 7.11 Å². The first-order valence-corrected chi connectivity index (χ1v) is 15.2. The van der Waals surface area contributed by atoms with E-state index < -0.39 is 38.7 Å². The summed E-state index contributed by atoms with van der Waals surface area (Å²) in [6, 6.07) is 19.3. The topological polar surface area (TPSA) is 54.0 Å². The average Bonchev–Trinajstić information content (AvgIpc) is 2.82. The summed E-state index contributed by atoms with van der Waals surface area (Å²) in [7, 11) is -0.668. The molecule has 6 heteroatoms. The number of carbonyl (C=O) groups is 1. The second kappa shape index (κ2) is 13.2. The van der Waals surface area contributed by atoms with Crippen LogP contribution >= 0.6 is 0 Å². The summed E-state index contributed by atoms with van der Waals surface area (Å²) in [5.41, 5.74) is 1.79. The third kappa shape index (κ3) is 8.42. The summed E-state index contributed by atoms with van der Waals surface area (Å²) in [6.45, 7) is 15.2. The molecular weight excluding hydrogens is 456 g/mol. The van der Waals surface area contributed by atoms with Crippen molar-refractivity contribution in [3.8, 4) is 0 Å². The Morgan fingerprint density at radius 1 is 1.00 bits per heavy atom. The molecule has 0 aromatic heterocycles. The smallest absolute Gasteiger partial charge is 0.340 e. The van der Waals surface area contributed by atoms with E-state index in [0.29, 0.717) is 6.61 Å². The van der Waals surface area contributed by atoms with E-state index in [1.54, 1.807) is 0 Å². The zero-order chi connectivity index (χ0) is 26.1. The van der Waals surface area contributed by atoms with Gasteiger partial charge in [-0.2, -0.15) is 0 Å². The number of methoxy groups -OCH3 is 1. The molecule has 0 radical (unpaired) electrons. The second-order valence-electron chi connectivity index (χ2n) is 10.3. The van der Waals surface area contributed by atoms with Crippen LogP contribution < -0.4 is 0 Å². The Morgan fingerprint density at radius 3 is 2.09 bits per heavy atom. The molecule has 0 unspecified atom stereocenters. The largest absolute Gasteiger partial charge is 0.454 e. The highest BCUT2D eigenvalue weighted by Crippen LogP contribution is 2.38. The lowest BCUT2D eigenvalue weighted by Gasteiger charge is -2.41. The van der Waals surface area contributed by atoms with Crippen LogP contribution in [0.15, 0.2) is 72.8 Å². The van der Waals surface area contributed by atoms with Gasteiger partial charge in [-0.05, 0) is 43.1 Å². The molecule has 0 heterocycles. The van der Waals surface area contributed by atoms with E-state index in [1.807, 2.05) is 86.7 Å². The van der Waals surface area contributed by atoms with Crippen LogP contribution in [0, 0.1) is 0 Å². The Hall–Kier alpha value is -2.25. The van der Waals surface area contributed by atoms with Gasteiger partial charge < -0.3 is 18.6 Å². The minimum Gasteiger partial charge on any atom is -0.454 e. The molecule has 2 aromatic rings. The van der Waals surface area contributed by atoms with Crippen LogP contribution in [0.2, 0.25) is 18.1 Å². The standard InChI is InChI=1S/C29H42O5Si/c1-9-16-25(34-35(7,8)29(3,4)5)26(22(2)32-21-23-17-12-10-13-18-23)33-28(30)27(31-6)24-19-14-11-15-20-24/h9-20,22,25-27H,21H2,1-8H3/b16-9+/t22-,25-,26-,27+/m0/s1. The molecule has 5 nitrogen and oxygen atoms in total. The van der Waals surface area contributed by atoms with Gasteiger partial charge in [0.25, 0.3) is 0 Å². The van der Waals surface area contributed by atoms with E-state index in [2.05, 4.69) is 33.9 Å². The molecule has 0 N–H and O–H groups in total. The first kappa shape index (κ1) is 29.0. The number of carbonyl (C=O) groups excluding carboxylic acids is 1. The Kier molecular flexibility index (Phi) is 10.9. The molecule has 0 saturated heterocycles. The van der Waals surface area contributed by atoms with Crippen LogP contribution in [0.25, 0.3) is 0 Å². The van der Waals surface area contributed by atoms with Crippen LogP contribution in [0.1, 0.15) is 51.8 Å². The van der Waals surface area contributed by atoms with E-state index >= 15 is 0 Å². The minimum absolute atomic E-state index is 0.00533. The molecule has 0 aliphatic heterocycles. The zero-order valence-corrected chi connectivity index (χ0v) is 23.5. The molecule has 2 rings (SSSR count). The van der Waals surface area contributed by atoms with Gasteiger partial charge in [-0.3, -0.25) is 0 Å². The Bertz CT molecular complexity index is 921. The number of hydrogen-bond donors (Lipinski definition) is 0. The van der Waals surface area contributed by atoms with Gasteiger partial charge in [-0.25, -0.2) is 4.79 Å². The fraction of sp³-hybridized carbons (Fsp3) is 0.483. The number of allylic oxidation sites excluding steroid dienone is 1. The SMILES string of the molecule is C/C=C/[C@H](O[Si](C)(C)C(C)(C)C)[C@@H](OC(=O)[C@H](OC)c1ccccc1)[C@H](C)OCc1ccccc1. The summed E-state index contributed by atoms with van der Waals surface area (Å²) in [5, 5.41) is -0.00533. The van der Waals surface area contributed by atoms with Crippen molar-refractivity contribution in [3.05, 3.63) is 83.9 Å². The van der Waals surface area contributed by atoms with E-state index in [-0.39, 0.29) is 5.04 Å². The van der Waals surface area contributed by atoms with Crippen LogP contribution in [0.3, 0.4) is 0 Å². The van der Waals surface area contributed by atoms with Gasteiger partial charge in [-0.1, -0.05) is 93.6 Å². The number of esters is 1. The van der Waals surface area contributed by atoms with E-state index in [9.17, 15) is 4.79 Å². The van der Waals surface area contributed by atoms with Crippen LogP contribution in [0.4, 0.5) is 0 Å². The summed E-state index contributed by atoms with van der Waals surface area (Å²) in [5.74, 6) is -0.466. The quantitative estimate of drug-likeness (QED) is 0.182. The highest BCUT2D eigenvalue weighted by Gasteiger charge is 2.42. The lowest BCUT2D eigenvalue weighted by atomic mass is 10.1. The van der Waals surface area contributed by atoms with Gasteiger partial charge in [0, 0.05) is 7.11 Å². The summed E-state index contributed by atoms with van der Waals surface area (Å²) < 4.78 is 24.6. The molecule has 0 spiro atoms. The van der Waals surface area contributed by atoms with Crippen molar-refractivity contribution in [1.82, 2.24) is 0 Å². The fourth-order valence-corrected chi connectivity index (χ4v) is 4.69. The molecule has 192 valence electrons. The molecule has 0 amide bonds. The first-order chi connectivity index (χ1) is 16.5. The third-order valence-corrected chi connectivity index (χ3v) is 11.0. The maximum atomic E-state index is 13.4. The maximum absolute atomic E-state index is 13.4. The van der Waals surface area contributed by atoms with Crippen LogP contribution in [0.5, 0.6) is 0 Å². The molecule has 0 fully saturated rings. The molecule has 35 heavy (non-hydrogen) atoms. The molecule has 4 atom stereocenters. The molecule has 0 saturated carbocycles. The lowest BCUT2D eigenvalue weighted by molar-refractivity contribution is -0.176. The highest BCUT2D eigenvalue weighted by molar-refractivity contribution is 6.74. The van der Waals surface area contributed by atoms with Gasteiger partial charge in [0.1, 0.15) is 6.10 Å². The van der Waals surface area contributed by atoms with Crippen LogP contribution in [-0.2, 0) is 30.0 Å². The summed E-state index contributed by atoms with van der Waals surface area (Å²) in [4.78, 5) is 13.4. The van der Waals surface area contributed by atoms with Crippen molar-refractivity contribution in [2.45, 2.75) is 83.8 Å². The predicted molar refractivity (Wildman–Crippen MR) is 144 cm³/mol. The Balaban J connectivity index is 2.34. The monoisotopic (exact) mass is 498 g/mol. The zero-order valence-electron chi connectivity index (χ0n) is 22.5. The summed E-state index contributed by atoms with van der Waals surface area (Å²) in [6.07, 6.45) is 1.54. The van der Waals surface area contributed by atoms with Crippen molar-refractivity contribution >= 4 is 14.3 Å². The van der Waals surface area contributed by atoms with Gasteiger partial charge in [0.2, 0.25) is 0 Å². The normalized spacial score (nSPS) is 16.0. The van der Waals surface area contributed by atoms with Crippen molar-refractivity contribution in [1.29, 1.82) is 0 Å². The Morgan fingerprint density at radius 2 is 1.57 bits per heavy atom. The molecular formula is C29H42O5Si. The summed E-state index contributed by atoms with van der Waals surface area (Å²) >= 11 is 0. The van der Waals surface area contributed by atoms with Crippen molar-refractivity contribution in [3.63, 3.8) is 0 Å². The maximum Gasteiger partial charge on any atom is 0.340 e. The average molecular weight is 499 g/mol. The van der Waals surface area contributed by atoms with Gasteiger partial charge >= 0.3 is 5.97 Å². The van der Waals surface area contributed by atoms with Crippen molar-refractivity contribution in [2.24, 2.45) is 0 Å². The molecule has 2 aromatic carbocycles. The highest BCUT2D eigenvalue weighted by atomic mass is 28.4. The van der Waals surface area contributed by atoms with Crippen molar-refractivity contribution < 1.29 is 23.4 Å². The lowest BCUT2D eigenvalue weighted by Crippen LogP contribution is -2.50. The van der Waals surface area contributed by atoms with E-state index in [0.717, 1.165) is 11.1 Å². The van der Waals surface area contributed by atoms with Crippen molar-refractivity contribution in [2.75, 3.05) is 7.11 Å². The minimum atomic E-state index is -2.18. The second-order valence-corrected chi connectivity index (χ2v) is 15.1.